The minimum absolute atomic E-state index is 0.148. The highest BCUT2D eigenvalue weighted by atomic mass is 16.5. The van der Waals surface area contributed by atoms with Crippen molar-refractivity contribution >= 4 is 11.9 Å². The molecule has 1 saturated carbocycles. The third kappa shape index (κ3) is 2.60. The van der Waals surface area contributed by atoms with Crippen LogP contribution >= 0.6 is 0 Å². The second-order valence-electron chi connectivity index (χ2n) is 4.66. The summed E-state index contributed by atoms with van der Waals surface area (Å²) in [6.45, 7) is 5.08. The zero-order chi connectivity index (χ0) is 12.4. The minimum atomic E-state index is -0.275. The molecule has 0 aromatic carbocycles. The molecular formula is C12H20N2O3. The first-order chi connectivity index (χ1) is 8.17. The predicted molar refractivity (Wildman–Crippen MR) is 62.2 cm³/mol. The van der Waals surface area contributed by atoms with Crippen LogP contribution in [0.3, 0.4) is 0 Å². The molecule has 0 unspecified atom stereocenters. The third-order valence-corrected chi connectivity index (χ3v) is 3.37. The van der Waals surface area contributed by atoms with E-state index in [1.54, 1.807) is 6.92 Å². The second kappa shape index (κ2) is 5.04. The van der Waals surface area contributed by atoms with Gasteiger partial charge in [0.15, 0.2) is 0 Å². The molecule has 0 aromatic heterocycles. The molecule has 2 aliphatic rings. The lowest BCUT2D eigenvalue weighted by atomic mass is 10.2. The van der Waals surface area contributed by atoms with Crippen LogP contribution in [0.4, 0.5) is 0 Å². The van der Waals surface area contributed by atoms with E-state index in [1.807, 2.05) is 16.7 Å². The summed E-state index contributed by atoms with van der Waals surface area (Å²) >= 11 is 0. The predicted octanol–water partition coefficient (Wildman–Crippen LogP) is 0.592. The Kier molecular flexibility index (Phi) is 3.66. The summed E-state index contributed by atoms with van der Waals surface area (Å²) in [6.07, 6.45) is 2.90. The molecule has 0 N–H and O–H groups in total. The maximum absolute atomic E-state index is 11.8. The van der Waals surface area contributed by atoms with Crippen molar-refractivity contribution in [1.82, 2.24) is 9.80 Å². The molecule has 2 rings (SSSR count). The monoisotopic (exact) mass is 240 g/mol. The van der Waals surface area contributed by atoms with E-state index in [0.717, 1.165) is 12.8 Å². The molecule has 0 radical (unpaired) electrons. The normalized spacial score (nSPS) is 22.9. The minimum Gasteiger partial charge on any atom is -0.465 e. The molecule has 1 atom stereocenters. The Bertz CT molecular complexity index is 315. The zero-order valence-electron chi connectivity index (χ0n) is 10.5. The molecule has 0 bridgehead atoms. The number of carbonyl (C=O) groups excluding carboxylic acids is 2. The highest BCUT2D eigenvalue weighted by molar-refractivity contribution is 5.83. The molecule has 1 aliphatic carbocycles. The largest absolute Gasteiger partial charge is 0.465 e. The fourth-order valence-corrected chi connectivity index (χ4v) is 2.32. The summed E-state index contributed by atoms with van der Waals surface area (Å²) in [5.41, 5.74) is 0. The van der Waals surface area contributed by atoms with Crippen LogP contribution in [0.25, 0.3) is 0 Å². The summed E-state index contributed by atoms with van der Waals surface area (Å²) in [5, 5.41) is 0. The summed E-state index contributed by atoms with van der Waals surface area (Å²) in [5.74, 6) is -0.0595. The van der Waals surface area contributed by atoms with E-state index in [1.165, 1.54) is 0 Å². The first kappa shape index (κ1) is 12.4. The standard InChI is InChI=1S/C12H20N2O3/c1-3-10(12(16)17-4-2)13-7-11(15)14(8-13)9-5-6-9/h9-10H,3-8H2,1-2H3/t10-/m1/s1. The molecular weight excluding hydrogens is 220 g/mol. The van der Waals surface area contributed by atoms with Crippen LogP contribution in [0.2, 0.25) is 0 Å². The van der Waals surface area contributed by atoms with Gasteiger partial charge in [-0.3, -0.25) is 14.5 Å². The van der Waals surface area contributed by atoms with Crippen LogP contribution < -0.4 is 0 Å². The number of hydrogen-bond donors (Lipinski definition) is 0. The van der Waals surface area contributed by atoms with Crippen molar-refractivity contribution in [3.05, 3.63) is 0 Å². The summed E-state index contributed by atoms with van der Waals surface area (Å²) in [6, 6.07) is 0.148. The molecule has 0 spiro atoms. The zero-order valence-corrected chi connectivity index (χ0v) is 10.5. The quantitative estimate of drug-likeness (QED) is 0.660. The Hall–Kier alpha value is -1.10. The molecule has 1 amide bonds. The third-order valence-electron chi connectivity index (χ3n) is 3.37. The average Bonchev–Trinajstić information content (AvgIpc) is 3.05. The highest BCUT2D eigenvalue weighted by Gasteiger charge is 2.41. The maximum Gasteiger partial charge on any atom is 0.323 e. The summed E-state index contributed by atoms with van der Waals surface area (Å²) < 4.78 is 5.04. The second-order valence-corrected chi connectivity index (χ2v) is 4.66. The topological polar surface area (TPSA) is 49.9 Å². The Morgan fingerprint density at radius 3 is 2.71 bits per heavy atom. The van der Waals surface area contributed by atoms with Crippen LogP contribution in [-0.4, -0.2) is 53.6 Å². The van der Waals surface area contributed by atoms with Gasteiger partial charge in [-0.1, -0.05) is 6.92 Å². The number of esters is 1. The van der Waals surface area contributed by atoms with Gasteiger partial charge in [0, 0.05) is 6.04 Å². The SMILES string of the molecule is CCOC(=O)[C@@H](CC)N1CC(=O)N(C2CC2)C1. The first-order valence-electron chi connectivity index (χ1n) is 6.37. The fraction of sp³-hybridized carbons (Fsp3) is 0.833. The van der Waals surface area contributed by atoms with Gasteiger partial charge in [-0.05, 0) is 26.2 Å². The van der Waals surface area contributed by atoms with E-state index in [0.29, 0.717) is 32.3 Å². The lowest BCUT2D eigenvalue weighted by Crippen LogP contribution is -2.41. The van der Waals surface area contributed by atoms with Crippen molar-refractivity contribution in [3.8, 4) is 0 Å². The van der Waals surface area contributed by atoms with Crippen molar-refractivity contribution in [1.29, 1.82) is 0 Å². The maximum atomic E-state index is 11.8. The van der Waals surface area contributed by atoms with Gasteiger partial charge in [-0.15, -0.1) is 0 Å². The number of nitrogens with zero attached hydrogens (tertiary/aromatic N) is 2. The Balaban J connectivity index is 1.96. The molecule has 1 saturated heterocycles. The van der Waals surface area contributed by atoms with Gasteiger partial charge >= 0.3 is 5.97 Å². The summed E-state index contributed by atoms with van der Waals surface area (Å²) in [7, 11) is 0. The molecule has 2 fully saturated rings. The van der Waals surface area contributed by atoms with Crippen molar-refractivity contribution in [2.45, 2.75) is 45.2 Å². The van der Waals surface area contributed by atoms with Gasteiger partial charge in [0.25, 0.3) is 0 Å². The number of hydrogen-bond acceptors (Lipinski definition) is 4. The van der Waals surface area contributed by atoms with Crippen LogP contribution in [0.15, 0.2) is 0 Å². The molecule has 5 nitrogen and oxygen atoms in total. The molecule has 5 heteroatoms. The van der Waals surface area contributed by atoms with E-state index in [-0.39, 0.29) is 17.9 Å². The summed E-state index contributed by atoms with van der Waals surface area (Å²) in [4.78, 5) is 27.4. The van der Waals surface area contributed by atoms with Gasteiger partial charge in [0.1, 0.15) is 6.04 Å². The number of rotatable bonds is 5. The van der Waals surface area contributed by atoms with Gasteiger partial charge in [0.2, 0.25) is 5.91 Å². The first-order valence-corrected chi connectivity index (χ1v) is 6.37. The molecule has 17 heavy (non-hydrogen) atoms. The van der Waals surface area contributed by atoms with Gasteiger partial charge in [0.05, 0.1) is 19.8 Å². The number of amides is 1. The van der Waals surface area contributed by atoms with Crippen LogP contribution in [0.1, 0.15) is 33.1 Å². The Morgan fingerprint density at radius 1 is 1.47 bits per heavy atom. The van der Waals surface area contributed by atoms with Crippen molar-refractivity contribution in [2.75, 3.05) is 19.8 Å². The molecule has 96 valence electrons. The Labute approximate surface area is 102 Å². The highest BCUT2D eigenvalue weighted by Crippen LogP contribution is 2.30. The van der Waals surface area contributed by atoms with Crippen LogP contribution in [0.5, 0.6) is 0 Å². The lowest BCUT2D eigenvalue weighted by molar-refractivity contribution is -0.149. The van der Waals surface area contributed by atoms with E-state index in [4.69, 9.17) is 4.74 Å². The Morgan fingerprint density at radius 2 is 2.18 bits per heavy atom. The number of carbonyl (C=O) groups is 2. The van der Waals surface area contributed by atoms with E-state index < -0.39 is 0 Å². The van der Waals surface area contributed by atoms with Gasteiger partial charge in [-0.2, -0.15) is 0 Å². The van der Waals surface area contributed by atoms with Crippen molar-refractivity contribution in [2.24, 2.45) is 0 Å². The van der Waals surface area contributed by atoms with E-state index in [9.17, 15) is 9.59 Å². The molecule has 1 heterocycles. The van der Waals surface area contributed by atoms with E-state index >= 15 is 0 Å². The van der Waals surface area contributed by atoms with Crippen LogP contribution in [-0.2, 0) is 14.3 Å². The van der Waals surface area contributed by atoms with Crippen molar-refractivity contribution in [3.63, 3.8) is 0 Å². The molecule has 0 aromatic rings. The number of ether oxygens (including phenoxy) is 1. The fourth-order valence-electron chi connectivity index (χ4n) is 2.32. The van der Waals surface area contributed by atoms with Gasteiger partial charge < -0.3 is 9.64 Å². The smallest absolute Gasteiger partial charge is 0.323 e. The van der Waals surface area contributed by atoms with Crippen LogP contribution in [0, 0.1) is 0 Å². The van der Waals surface area contributed by atoms with Gasteiger partial charge in [-0.25, -0.2) is 0 Å². The van der Waals surface area contributed by atoms with Crippen molar-refractivity contribution < 1.29 is 14.3 Å². The van der Waals surface area contributed by atoms with E-state index in [2.05, 4.69) is 0 Å². The average molecular weight is 240 g/mol. The lowest BCUT2D eigenvalue weighted by Gasteiger charge is -2.24. The molecule has 1 aliphatic heterocycles.